The van der Waals surface area contributed by atoms with E-state index >= 15 is 0 Å². The fourth-order valence-electron chi connectivity index (χ4n) is 1.74. The van der Waals surface area contributed by atoms with Gasteiger partial charge in [-0.15, -0.1) is 11.6 Å². The molecule has 2 rings (SSSR count). The number of rotatable bonds is 4. The molecule has 0 aliphatic heterocycles. The maximum atomic E-state index is 13.5. The average Bonchev–Trinajstić information content (AvgIpc) is 2.47. The van der Waals surface area contributed by atoms with Gasteiger partial charge in [0.05, 0.1) is 10.8 Å². The second kappa shape index (κ2) is 6.20. The number of hydrogen-bond acceptors (Lipinski definition) is 4. The average molecular weight is 307 g/mol. The molecule has 0 heterocycles. The van der Waals surface area contributed by atoms with Gasteiger partial charge in [-0.1, -0.05) is 6.07 Å². The van der Waals surface area contributed by atoms with Crippen LogP contribution in [0.5, 0.6) is 11.5 Å². The van der Waals surface area contributed by atoms with Gasteiger partial charge in [0.15, 0.2) is 0 Å². The first-order valence-electron chi connectivity index (χ1n) is 5.76. The first-order chi connectivity index (χ1) is 10.1. The summed E-state index contributed by atoms with van der Waals surface area (Å²) in [6.45, 7) is 0. The van der Waals surface area contributed by atoms with Gasteiger partial charge in [0, 0.05) is 11.6 Å². The molecule has 0 saturated heterocycles. The summed E-state index contributed by atoms with van der Waals surface area (Å²) in [6, 6.07) is 9.68. The van der Waals surface area contributed by atoms with Crippen molar-refractivity contribution in [1.82, 2.24) is 0 Å². The fourth-order valence-corrected chi connectivity index (χ4v) is 1.95. The standard InChI is InChI=1S/C14H8ClFN2O3/c15-7-9-6-10(4-5-13(9)18(19)20)21-14-3-1-2-12(16)11(14)8-17/h1-6H,7H2. The van der Waals surface area contributed by atoms with Crippen LogP contribution in [-0.4, -0.2) is 4.92 Å². The van der Waals surface area contributed by atoms with Gasteiger partial charge in [-0.25, -0.2) is 4.39 Å². The van der Waals surface area contributed by atoms with E-state index in [2.05, 4.69) is 0 Å². The maximum Gasteiger partial charge on any atom is 0.274 e. The third-order valence-electron chi connectivity index (χ3n) is 2.71. The Balaban J connectivity index is 2.40. The lowest BCUT2D eigenvalue weighted by Gasteiger charge is -2.09. The Bertz CT molecular complexity index is 743. The predicted octanol–water partition coefficient (Wildman–Crippen LogP) is 4.14. The topological polar surface area (TPSA) is 76.2 Å². The molecule has 2 aromatic rings. The van der Waals surface area contributed by atoms with E-state index in [1.165, 1.54) is 30.3 Å². The summed E-state index contributed by atoms with van der Waals surface area (Å²) in [4.78, 5) is 10.3. The SMILES string of the molecule is N#Cc1c(F)cccc1Oc1ccc([N+](=O)[O-])c(CCl)c1. The lowest BCUT2D eigenvalue weighted by atomic mass is 10.2. The molecule has 0 aromatic heterocycles. The number of benzene rings is 2. The van der Waals surface area contributed by atoms with Crippen LogP contribution in [0.25, 0.3) is 0 Å². The number of halogens is 2. The molecule has 0 aliphatic carbocycles. The number of nitriles is 1. The first-order valence-corrected chi connectivity index (χ1v) is 6.30. The van der Waals surface area contributed by atoms with Crippen LogP contribution in [0.15, 0.2) is 36.4 Å². The van der Waals surface area contributed by atoms with Crippen molar-refractivity contribution in [2.45, 2.75) is 5.88 Å². The van der Waals surface area contributed by atoms with Gasteiger partial charge in [0.25, 0.3) is 5.69 Å². The van der Waals surface area contributed by atoms with Crippen LogP contribution in [-0.2, 0) is 5.88 Å². The second-order valence-electron chi connectivity index (χ2n) is 4.01. The summed E-state index contributed by atoms with van der Waals surface area (Å²) in [5.74, 6) is -0.499. The summed E-state index contributed by atoms with van der Waals surface area (Å²) in [6.07, 6.45) is 0. The van der Waals surface area contributed by atoms with E-state index in [0.717, 1.165) is 6.07 Å². The van der Waals surface area contributed by atoms with Crippen molar-refractivity contribution < 1.29 is 14.1 Å². The van der Waals surface area contributed by atoms with E-state index in [-0.39, 0.29) is 34.2 Å². The Morgan fingerprint density at radius 3 is 2.76 bits per heavy atom. The number of nitro groups is 1. The number of ether oxygens (including phenoxy) is 1. The molecule has 0 atom stereocenters. The van der Waals surface area contributed by atoms with Crippen LogP contribution in [0.2, 0.25) is 0 Å². The highest BCUT2D eigenvalue weighted by molar-refractivity contribution is 6.17. The number of nitrogens with zero attached hydrogens (tertiary/aromatic N) is 2. The van der Waals surface area contributed by atoms with Gasteiger partial charge in [-0.3, -0.25) is 10.1 Å². The van der Waals surface area contributed by atoms with Gasteiger partial charge in [0.2, 0.25) is 0 Å². The van der Waals surface area contributed by atoms with E-state index in [9.17, 15) is 14.5 Å². The summed E-state index contributed by atoms with van der Waals surface area (Å²) in [5, 5.41) is 19.7. The summed E-state index contributed by atoms with van der Waals surface area (Å²) < 4.78 is 18.9. The van der Waals surface area contributed by atoms with Crippen molar-refractivity contribution in [3.05, 3.63) is 63.5 Å². The van der Waals surface area contributed by atoms with Crippen molar-refractivity contribution >= 4 is 17.3 Å². The maximum absolute atomic E-state index is 13.5. The van der Waals surface area contributed by atoms with Crippen LogP contribution in [0.3, 0.4) is 0 Å². The number of nitro benzene ring substituents is 1. The molecule has 0 amide bonds. The van der Waals surface area contributed by atoms with Gasteiger partial charge < -0.3 is 4.74 Å². The van der Waals surface area contributed by atoms with Crippen LogP contribution < -0.4 is 4.74 Å². The van der Waals surface area contributed by atoms with E-state index in [4.69, 9.17) is 21.6 Å². The second-order valence-corrected chi connectivity index (χ2v) is 4.28. The molecule has 106 valence electrons. The van der Waals surface area contributed by atoms with Crippen LogP contribution in [0, 0.1) is 27.3 Å². The summed E-state index contributed by atoms with van der Waals surface area (Å²) in [7, 11) is 0. The minimum atomic E-state index is -0.700. The predicted molar refractivity (Wildman–Crippen MR) is 73.8 cm³/mol. The van der Waals surface area contributed by atoms with Gasteiger partial charge in [-0.2, -0.15) is 5.26 Å². The molecule has 0 bridgehead atoms. The van der Waals surface area contributed by atoms with Crippen molar-refractivity contribution in [2.24, 2.45) is 0 Å². The molecule has 0 fully saturated rings. The summed E-state index contributed by atoms with van der Waals surface area (Å²) in [5.41, 5.74) is -0.0885. The quantitative estimate of drug-likeness (QED) is 0.483. The minimum absolute atomic E-state index is 0.0341. The molecular weight excluding hydrogens is 299 g/mol. The lowest BCUT2D eigenvalue weighted by molar-refractivity contribution is -0.385. The number of hydrogen-bond donors (Lipinski definition) is 0. The molecule has 0 aliphatic rings. The molecule has 0 radical (unpaired) electrons. The zero-order valence-corrected chi connectivity index (χ0v) is 11.3. The molecule has 21 heavy (non-hydrogen) atoms. The first kappa shape index (κ1) is 14.8. The molecule has 0 saturated carbocycles. The fraction of sp³-hybridized carbons (Fsp3) is 0.0714. The Morgan fingerprint density at radius 1 is 1.38 bits per heavy atom. The largest absolute Gasteiger partial charge is 0.456 e. The smallest absolute Gasteiger partial charge is 0.274 e. The zero-order valence-electron chi connectivity index (χ0n) is 10.5. The van der Waals surface area contributed by atoms with Crippen molar-refractivity contribution in [3.8, 4) is 17.6 Å². The Hall–Kier alpha value is -2.65. The molecule has 5 nitrogen and oxygen atoms in total. The monoisotopic (exact) mass is 306 g/mol. The lowest BCUT2D eigenvalue weighted by Crippen LogP contribution is -1.96. The highest BCUT2D eigenvalue weighted by Gasteiger charge is 2.15. The van der Waals surface area contributed by atoms with Gasteiger partial charge in [0.1, 0.15) is 28.9 Å². The van der Waals surface area contributed by atoms with Crippen LogP contribution in [0.1, 0.15) is 11.1 Å². The van der Waals surface area contributed by atoms with Crippen molar-refractivity contribution in [3.63, 3.8) is 0 Å². The van der Waals surface area contributed by atoms with Gasteiger partial charge in [-0.05, 0) is 24.3 Å². The van der Waals surface area contributed by atoms with Crippen molar-refractivity contribution in [1.29, 1.82) is 5.26 Å². The van der Waals surface area contributed by atoms with Gasteiger partial charge >= 0.3 is 0 Å². The normalized spacial score (nSPS) is 9.95. The molecular formula is C14H8ClFN2O3. The zero-order chi connectivity index (χ0) is 15.4. The third kappa shape index (κ3) is 3.09. The Labute approximate surface area is 124 Å². The molecule has 0 spiro atoms. The Morgan fingerprint density at radius 2 is 2.14 bits per heavy atom. The van der Waals surface area contributed by atoms with E-state index in [1.807, 2.05) is 0 Å². The van der Waals surface area contributed by atoms with Crippen LogP contribution in [0.4, 0.5) is 10.1 Å². The molecule has 2 aromatic carbocycles. The molecule has 7 heteroatoms. The van der Waals surface area contributed by atoms with Crippen molar-refractivity contribution in [2.75, 3.05) is 0 Å². The highest BCUT2D eigenvalue weighted by atomic mass is 35.5. The number of alkyl halides is 1. The highest BCUT2D eigenvalue weighted by Crippen LogP contribution is 2.30. The van der Waals surface area contributed by atoms with Crippen LogP contribution >= 0.6 is 11.6 Å². The Kier molecular flexibility index (Phi) is 4.36. The van der Waals surface area contributed by atoms with E-state index in [1.54, 1.807) is 6.07 Å². The third-order valence-corrected chi connectivity index (χ3v) is 2.99. The van der Waals surface area contributed by atoms with E-state index < -0.39 is 10.7 Å². The summed E-state index contributed by atoms with van der Waals surface area (Å²) >= 11 is 5.66. The molecule has 0 N–H and O–H groups in total. The molecule has 0 unspecified atom stereocenters. The minimum Gasteiger partial charge on any atom is -0.456 e. The van der Waals surface area contributed by atoms with E-state index in [0.29, 0.717) is 0 Å².